The van der Waals surface area contributed by atoms with Crippen LogP contribution >= 0.6 is 24.0 Å². The van der Waals surface area contributed by atoms with Crippen molar-refractivity contribution < 1.29 is 17.9 Å². The zero-order chi connectivity index (χ0) is 13.2. The van der Waals surface area contributed by atoms with Crippen LogP contribution in [0.15, 0.2) is 17.0 Å². The summed E-state index contributed by atoms with van der Waals surface area (Å²) in [7, 11) is -3.68. The van der Waals surface area contributed by atoms with E-state index in [0.717, 1.165) is 0 Å². The van der Waals surface area contributed by atoms with Crippen molar-refractivity contribution in [1.82, 2.24) is 4.72 Å². The standard InChI is InChI=1S/C10H13ClN2O4S.ClH/c11-7-5-8-9(17-4-3-16-8)6-10(7)18(14,15)13-2-1-12;/h5-6,13H,1-4,12H2;1H. The molecule has 0 aromatic heterocycles. The molecule has 9 heteroatoms. The zero-order valence-electron chi connectivity index (χ0n) is 9.89. The SMILES string of the molecule is Cl.NCCNS(=O)(=O)c1cc2c(cc1Cl)OCCO2. The van der Waals surface area contributed by atoms with Crippen LogP contribution in [-0.2, 0) is 10.0 Å². The van der Waals surface area contributed by atoms with Crippen LogP contribution in [0.1, 0.15) is 0 Å². The number of benzene rings is 1. The Balaban J connectivity index is 0.00000180. The van der Waals surface area contributed by atoms with Crippen molar-refractivity contribution in [2.24, 2.45) is 5.73 Å². The monoisotopic (exact) mass is 328 g/mol. The van der Waals surface area contributed by atoms with Crippen LogP contribution < -0.4 is 19.9 Å². The Labute approximate surface area is 122 Å². The summed E-state index contributed by atoms with van der Waals surface area (Å²) in [4.78, 5) is -0.0399. The molecule has 0 saturated carbocycles. The van der Waals surface area contributed by atoms with E-state index in [4.69, 9.17) is 26.8 Å². The lowest BCUT2D eigenvalue weighted by Crippen LogP contribution is -2.29. The number of hydrogen-bond donors (Lipinski definition) is 2. The topological polar surface area (TPSA) is 90.7 Å². The lowest BCUT2D eigenvalue weighted by Gasteiger charge is -2.19. The zero-order valence-corrected chi connectivity index (χ0v) is 12.3. The number of nitrogens with one attached hydrogen (secondary N) is 1. The minimum Gasteiger partial charge on any atom is -0.486 e. The van der Waals surface area contributed by atoms with E-state index in [1.165, 1.54) is 12.1 Å². The third kappa shape index (κ3) is 3.64. The Morgan fingerprint density at radius 2 is 1.84 bits per heavy atom. The Bertz CT molecular complexity index is 551. The molecule has 6 nitrogen and oxygen atoms in total. The van der Waals surface area contributed by atoms with Crippen LogP contribution in [0.5, 0.6) is 11.5 Å². The molecule has 0 spiro atoms. The van der Waals surface area contributed by atoms with Crippen molar-refractivity contribution >= 4 is 34.0 Å². The maximum absolute atomic E-state index is 12.0. The van der Waals surface area contributed by atoms with Crippen LogP contribution in [0.2, 0.25) is 5.02 Å². The summed E-state index contributed by atoms with van der Waals surface area (Å²) in [6.45, 7) is 1.15. The van der Waals surface area contributed by atoms with E-state index in [0.29, 0.717) is 24.7 Å². The maximum atomic E-state index is 12.0. The second-order valence-corrected chi connectivity index (χ2v) is 5.76. The van der Waals surface area contributed by atoms with Crippen LogP contribution in [0.3, 0.4) is 0 Å². The number of sulfonamides is 1. The molecule has 0 aliphatic carbocycles. The molecule has 0 amide bonds. The van der Waals surface area contributed by atoms with Crippen molar-refractivity contribution in [3.63, 3.8) is 0 Å². The molecule has 1 aliphatic heterocycles. The van der Waals surface area contributed by atoms with Crippen molar-refractivity contribution in [2.75, 3.05) is 26.3 Å². The fraction of sp³-hybridized carbons (Fsp3) is 0.400. The summed E-state index contributed by atoms with van der Waals surface area (Å²) in [5, 5.41) is 0.0868. The second-order valence-electron chi connectivity index (χ2n) is 3.61. The highest BCUT2D eigenvalue weighted by molar-refractivity contribution is 7.89. The van der Waals surface area contributed by atoms with E-state index < -0.39 is 10.0 Å². The van der Waals surface area contributed by atoms with Gasteiger partial charge in [-0.25, -0.2) is 13.1 Å². The van der Waals surface area contributed by atoms with Crippen molar-refractivity contribution in [2.45, 2.75) is 4.90 Å². The van der Waals surface area contributed by atoms with Gasteiger partial charge in [-0.15, -0.1) is 12.4 Å². The normalized spacial score (nSPS) is 13.8. The molecule has 1 aromatic rings. The van der Waals surface area contributed by atoms with Gasteiger partial charge in [0.25, 0.3) is 0 Å². The third-order valence-electron chi connectivity index (χ3n) is 2.32. The molecule has 0 atom stereocenters. The lowest BCUT2D eigenvalue weighted by atomic mass is 10.3. The summed E-state index contributed by atoms with van der Waals surface area (Å²) < 4.78 is 36.9. The average Bonchev–Trinajstić information content (AvgIpc) is 2.35. The maximum Gasteiger partial charge on any atom is 0.242 e. The molecule has 0 unspecified atom stereocenters. The van der Waals surface area contributed by atoms with Crippen LogP contribution in [0.25, 0.3) is 0 Å². The molecule has 1 aromatic carbocycles. The molecule has 0 radical (unpaired) electrons. The van der Waals surface area contributed by atoms with Crippen LogP contribution in [0, 0.1) is 0 Å². The van der Waals surface area contributed by atoms with E-state index in [2.05, 4.69) is 4.72 Å². The number of nitrogens with two attached hydrogens (primary N) is 1. The first-order valence-corrected chi connectivity index (χ1v) is 7.19. The smallest absolute Gasteiger partial charge is 0.242 e. The summed E-state index contributed by atoms with van der Waals surface area (Å²) in [6.07, 6.45) is 0. The fourth-order valence-corrected chi connectivity index (χ4v) is 3.10. The highest BCUT2D eigenvalue weighted by Crippen LogP contribution is 2.37. The molecule has 2 rings (SSSR count). The van der Waals surface area contributed by atoms with Gasteiger partial charge in [0.05, 0.1) is 5.02 Å². The molecule has 0 fully saturated rings. The Hall–Kier alpha value is -0.730. The summed E-state index contributed by atoms with van der Waals surface area (Å²) in [5.74, 6) is 0.822. The number of halogens is 2. The minimum atomic E-state index is -3.68. The molecule has 0 bridgehead atoms. The molecule has 1 aliphatic rings. The molecule has 19 heavy (non-hydrogen) atoms. The minimum absolute atomic E-state index is 0. The predicted molar refractivity (Wildman–Crippen MR) is 73.9 cm³/mol. The summed E-state index contributed by atoms with van der Waals surface area (Å²) in [5.41, 5.74) is 5.26. The molecular weight excluding hydrogens is 315 g/mol. The first-order valence-electron chi connectivity index (χ1n) is 5.33. The number of rotatable bonds is 4. The van der Waals surface area contributed by atoms with E-state index in [1.807, 2.05) is 0 Å². The van der Waals surface area contributed by atoms with Crippen LogP contribution in [-0.4, -0.2) is 34.7 Å². The molecule has 108 valence electrons. The van der Waals surface area contributed by atoms with Gasteiger partial charge in [0.2, 0.25) is 10.0 Å². The van der Waals surface area contributed by atoms with Gasteiger partial charge in [0.1, 0.15) is 18.1 Å². The predicted octanol–water partition coefficient (Wildman–Crippen LogP) is 0.770. The first kappa shape index (κ1) is 16.3. The highest BCUT2D eigenvalue weighted by atomic mass is 35.5. The van der Waals surface area contributed by atoms with E-state index in [9.17, 15) is 8.42 Å². The Morgan fingerprint density at radius 3 is 2.42 bits per heavy atom. The van der Waals surface area contributed by atoms with Gasteiger partial charge in [-0.1, -0.05) is 11.6 Å². The van der Waals surface area contributed by atoms with Gasteiger partial charge in [0, 0.05) is 25.2 Å². The first-order chi connectivity index (χ1) is 8.54. The van der Waals surface area contributed by atoms with Crippen molar-refractivity contribution in [3.05, 3.63) is 17.2 Å². The largest absolute Gasteiger partial charge is 0.486 e. The summed E-state index contributed by atoms with van der Waals surface area (Å²) >= 11 is 5.94. The highest BCUT2D eigenvalue weighted by Gasteiger charge is 2.22. The van der Waals surface area contributed by atoms with Gasteiger partial charge in [-0.05, 0) is 0 Å². The van der Waals surface area contributed by atoms with Gasteiger partial charge < -0.3 is 15.2 Å². The van der Waals surface area contributed by atoms with Gasteiger partial charge >= 0.3 is 0 Å². The van der Waals surface area contributed by atoms with Gasteiger partial charge in [-0.2, -0.15) is 0 Å². The van der Waals surface area contributed by atoms with Crippen molar-refractivity contribution in [1.29, 1.82) is 0 Å². The average molecular weight is 329 g/mol. The number of hydrogen-bond acceptors (Lipinski definition) is 5. The Morgan fingerprint density at radius 1 is 1.26 bits per heavy atom. The third-order valence-corrected chi connectivity index (χ3v) is 4.25. The van der Waals surface area contributed by atoms with Crippen LogP contribution in [0.4, 0.5) is 0 Å². The van der Waals surface area contributed by atoms with E-state index >= 15 is 0 Å². The molecule has 0 saturated heterocycles. The fourth-order valence-electron chi connectivity index (χ4n) is 1.52. The Kier molecular flexibility index (Phi) is 5.69. The summed E-state index contributed by atoms with van der Waals surface area (Å²) in [6, 6.07) is 2.79. The van der Waals surface area contributed by atoms with E-state index in [1.54, 1.807) is 0 Å². The molecule has 1 heterocycles. The molecule has 3 N–H and O–H groups in total. The number of fused-ring (bicyclic) bond motifs is 1. The van der Waals surface area contributed by atoms with Crippen molar-refractivity contribution in [3.8, 4) is 11.5 Å². The number of ether oxygens (including phenoxy) is 2. The van der Waals surface area contributed by atoms with Gasteiger partial charge in [-0.3, -0.25) is 0 Å². The second kappa shape index (κ2) is 6.62. The quantitative estimate of drug-likeness (QED) is 0.851. The molecular formula is C10H14Cl2N2O4S. The van der Waals surface area contributed by atoms with Gasteiger partial charge in [0.15, 0.2) is 11.5 Å². The van der Waals surface area contributed by atoms with E-state index in [-0.39, 0.29) is 35.4 Å². The lowest BCUT2D eigenvalue weighted by molar-refractivity contribution is 0.171.